The van der Waals surface area contributed by atoms with Crippen molar-refractivity contribution in [2.75, 3.05) is 20.3 Å². The summed E-state index contributed by atoms with van der Waals surface area (Å²) in [5, 5.41) is 2.87. The first-order valence-electron chi connectivity index (χ1n) is 9.97. The minimum Gasteiger partial charge on any atom is -0.493 e. The fraction of sp³-hybridized carbons (Fsp3) is 0.435. The van der Waals surface area contributed by atoms with Crippen LogP contribution in [-0.2, 0) is 11.3 Å². The van der Waals surface area contributed by atoms with Gasteiger partial charge in [0.1, 0.15) is 5.75 Å². The smallest absolute Gasteiger partial charge is 0.258 e. The molecule has 1 unspecified atom stereocenters. The average Bonchev–Trinajstić information content (AvgIpc) is 2.74. The van der Waals surface area contributed by atoms with Crippen LogP contribution in [0.4, 0.5) is 0 Å². The van der Waals surface area contributed by atoms with E-state index in [0.29, 0.717) is 36.3 Å². The summed E-state index contributed by atoms with van der Waals surface area (Å²) in [6.45, 7) is 7.38. The van der Waals surface area contributed by atoms with E-state index < -0.39 is 0 Å². The van der Waals surface area contributed by atoms with Crippen LogP contribution >= 0.6 is 15.9 Å². The summed E-state index contributed by atoms with van der Waals surface area (Å²) >= 11 is 3.53. The largest absolute Gasteiger partial charge is 0.493 e. The standard InChI is InChI=1S/C23H30BrNO4/c1-5-11-28-21-9-7-17(12-22(21)27-4)14-25-23(26)15-29-20-10-8-18(13-19(20)24)16(3)6-2/h7-10,12-13,16H,5-6,11,14-15H2,1-4H3,(H,25,26). The Morgan fingerprint density at radius 3 is 2.48 bits per heavy atom. The molecule has 0 aromatic heterocycles. The second kappa shape index (κ2) is 11.7. The second-order valence-corrected chi connectivity index (χ2v) is 7.75. The lowest BCUT2D eigenvalue weighted by atomic mass is 9.99. The van der Waals surface area contributed by atoms with Gasteiger partial charge in [0, 0.05) is 6.54 Å². The van der Waals surface area contributed by atoms with Crippen LogP contribution in [0.1, 0.15) is 50.7 Å². The van der Waals surface area contributed by atoms with Crippen molar-refractivity contribution in [1.29, 1.82) is 0 Å². The molecule has 0 saturated carbocycles. The van der Waals surface area contributed by atoms with Crippen LogP contribution < -0.4 is 19.5 Å². The predicted octanol–water partition coefficient (Wildman–Crippen LogP) is 5.46. The van der Waals surface area contributed by atoms with Crippen molar-refractivity contribution in [1.82, 2.24) is 5.32 Å². The van der Waals surface area contributed by atoms with Gasteiger partial charge in [-0.25, -0.2) is 0 Å². The molecule has 29 heavy (non-hydrogen) atoms. The van der Waals surface area contributed by atoms with Crippen molar-refractivity contribution in [3.05, 3.63) is 52.0 Å². The Labute approximate surface area is 181 Å². The van der Waals surface area contributed by atoms with E-state index in [1.54, 1.807) is 7.11 Å². The van der Waals surface area contributed by atoms with Crippen LogP contribution in [0.15, 0.2) is 40.9 Å². The van der Waals surface area contributed by atoms with E-state index in [1.165, 1.54) is 5.56 Å². The quantitative estimate of drug-likeness (QED) is 0.480. The van der Waals surface area contributed by atoms with Crippen molar-refractivity contribution >= 4 is 21.8 Å². The molecular weight excluding hydrogens is 434 g/mol. The summed E-state index contributed by atoms with van der Waals surface area (Å²) < 4.78 is 17.5. The van der Waals surface area contributed by atoms with Crippen LogP contribution in [0.3, 0.4) is 0 Å². The van der Waals surface area contributed by atoms with Crippen LogP contribution in [0.25, 0.3) is 0 Å². The maximum absolute atomic E-state index is 12.2. The van der Waals surface area contributed by atoms with Gasteiger partial charge in [0.15, 0.2) is 18.1 Å². The highest BCUT2D eigenvalue weighted by Gasteiger charge is 2.10. The van der Waals surface area contributed by atoms with Crippen LogP contribution in [-0.4, -0.2) is 26.2 Å². The summed E-state index contributed by atoms with van der Waals surface area (Å²) in [6, 6.07) is 11.6. The lowest BCUT2D eigenvalue weighted by molar-refractivity contribution is -0.123. The molecule has 2 aromatic carbocycles. The fourth-order valence-electron chi connectivity index (χ4n) is 2.72. The SMILES string of the molecule is CCCOc1ccc(CNC(=O)COc2ccc(C(C)CC)cc2Br)cc1OC. The van der Waals surface area contributed by atoms with Gasteiger partial charge in [-0.3, -0.25) is 4.79 Å². The topological polar surface area (TPSA) is 56.8 Å². The van der Waals surface area contributed by atoms with Crippen molar-refractivity contribution in [3.8, 4) is 17.2 Å². The summed E-state index contributed by atoms with van der Waals surface area (Å²) in [5.41, 5.74) is 2.18. The van der Waals surface area contributed by atoms with Gasteiger partial charge in [-0.1, -0.05) is 32.9 Å². The van der Waals surface area contributed by atoms with Gasteiger partial charge in [0.2, 0.25) is 0 Å². The molecule has 1 N–H and O–H groups in total. The highest BCUT2D eigenvalue weighted by Crippen LogP contribution is 2.30. The first-order chi connectivity index (χ1) is 14.0. The van der Waals surface area contributed by atoms with Gasteiger partial charge in [0.05, 0.1) is 18.2 Å². The summed E-state index contributed by atoms with van der Waals surface area (Å²) in [6.07, 6.45) is 2.00. The summed E-state index contributed by atoms with van der Waals surface area (Å²) in [7, 11) is 1.61. The third kappa shape index (κ3) is 6.96. The Hall–Kier alpha value is -2.21. The fourth-order valence-corrected chi connectivity index (χ4v) is 3.24. The number of carbonyl (C=O) groups is 1. The number of hydrogen-bond donors (Lipinski definition) is 1. The third-order valence-corrected chi connectivity index (χ3v) is 5.30. The van der Waals surface area contributed by atoms with Gasteiger partial charge in [-0.2, -0.15) is 0 Å². The van der Waals surface area contributed by atoms with Crippen LogP contribution in [0, 0.1) is 0 Å². The van der Waals surface area contributed by atoms with E-state index in [0.717, 1.165) is 22.9 Å². The highest BCUT2D eigenvalue weighted by molar-refractivity contribution is 9.10. The molecule has 6 heteroatoms. The molecule has 158 valence electrons. The summed E-state index contributed by atoms with van der Waals surface area (Å²) in [5.74, 6) is 2.32. The van der Waals surface area contributed by atoms with Crippen LogP contribution in [0.5, 0.6) is 17.2 Å². The van der Waals surface area contributed by atoms with Gasteiger partial charge >= 0.3 is 0 Å². The monoisotopic (exact) mass is 463 g/mol. The van der Waals surface area contributed by atoms with Crippen molar-refractivity contribution in [2.45, 2.75) is 46.1 Å². The molecule has 5 nitrogen and oxygen atoms in total. The first-order valence-corrected chi connectivity index (χ1v) is 10.8. The minimum atomic E-state index is -0.187. The van der Waals surface area contributed by atoms with E-state index in [-0.39, 0.29) is 12.5 Å². The molecule has 0 saturated heterocycles. The number of ether oxygens (including phenoxy) is 3. The van der Waals surface area contributed by atoms with Crippen molar-refractivity contribution < 1.29 is 19.0 Å². The molecule has 2 rings (SSSR count). The Balaban J connectivity index is 1.87. The van der Waals surface area contributed by atoms with E-state index >= 15 is 0 Å². The lowest BCUT2D eigenvalue weighted by Gasteiger charge is -2.14. The lowest BCUT2D eigenvalue weighted by Crippen LogP contribution is -2.28. The molecule has 0 aliphatic rings. The minimum absolute atomic E-state index is 0.0455. The Morgan fingerprint density at radius 2 is 1.83 bits per heavy atom. The Kier molecular flexibility index (Phi) is 9.32. The zero-order valence-electron chi connectivity index (χ0n) is 17.6. The normalized spacial score (nSPS) is 11.6. The molecule has 1 atom stereocenters. The molecule has 2 aromatic rings. The predicted molar refractivity (Wildman–Crippen MR) is 119 cm³/mol. The molecule has 0 heterocycles. The molecule has 0 aliphatic carbocycles. The number of amides is 1. The second-order valence-electron chi connectivity index (χ2n) is 6.90. The molecule has 0 aliphatic heterocycles. The highest BCUT2D eigenvalue weighted by atomic mass is 79.9. The molecule has 0 bridgehead atoms. The number of halogens is 1. The number of nitrogens with one attached hydrogen (secondary N) is 1. The van der Waals surface area contributed by atoms with Crippen molar-refractivity contribution in [3.63, 3.8) is 0 Å². The molecular formula is C23H30BrNO4. The maximum Gasteiger partial charge on any atom is 0.258 e. The number of hydrogen-bond acceptors (Lipinski definition) is 4. The molecule has 0 radical (unpaired) electrons. The van der Waals surface area contributed by atoms with Crippen LogP contribution in [0.2, 0.25) is 0 Å². The number of carbonyl (C=O) groups excluding carboxylic acids is 1. The van der Waals surface area contributed by atoms with E-state index in [9.17, 15) is 4.79 Å². The van der Waals surface area contributed by atoms with E-state index in [1.807, 2.05) is 30.3 Å². The zero-order chi connectivity index (χ0) is 21.2. The summed E-state index contributed by atoms with van der Waals surface area (Å²) in [4.78, 5) is 12.2. The number of rotatable bonds is 11. The molecule has 1 amide bonds. The third-order valence-electron chi connectivity index (χ3n) is 4.68. The van der Waals surface area contributed by atoms with E-state index in [2.05, 4.69) is 48.1 Å². The van der Waals surface area contributed by atoms with Gasteiger partial charge in [-0.15, -0.1) is 0 Å². The molecule has 0 fully saturated rings. The van der Waals surface area contributed by atoms with E-state index in [4.69, 9.17) is 14.2 Å². The average molecular weight is 464 g/mol. The molecule has 0 spiro atoms. The zero-order valence-corrected chi connectivity index (χ0v) is 19.2. The number of methoxy groups -OCH3 is 1. The Morgan fingerprint density at radius 1 is 1.07 bits per heavy atom. The van der Waals surface area contributed by atoms with Gasteiger partial charge in [0.25, 0.3) is 5.91 Å². The van der Waals surface area contributed by atoms with Crippen molar-refractivity contribution in [2.24, 2.45) is 0 Å². The number of benzene rings is 2. The van der Waals surface area contributed by atoms with Gasteiger partial charge < -0.3 is 19.5 Å². The Bertz CT molecular complexity index is 809. The maximum atomic E-state index is 12.2. The first kappa shape index (κ1) is 23.1. The van der Waals surface area contributed by atoms with Gasteiger partial charge in [-0.05, 0) is 70.1 Å².